The van der Waals surface area contributed by atoms with Gasteiger partial charge in [-0.3, -0.25) is 0 Å². The highest BCUT2D eigenvalue weighted by atomic mass is 19.1. The van der Waals surface area contributed by atoms with Crippen molar-refractivity contribution in [3.63, 3.8) is 0 Å². The molecule has 0 unspecified atom stereocenters. The van der Waals surface area contributed by atoms with Crippen molar-refractivity contribution >= 4 is 0 Å². The van der Waals surface area contributed by atoms with Crippen LogP contribution in [0.15, 0.2) is 18.2 Å². The summed E-state index contributed by atoms with van der Waals surface area (Å²) in [6.07, 6.45) is 2.96. The van der Waals surface area contributed by atoms with Crippen LogP contribution in [0, 0.1) is 17.6 Å². The van der Waals surface area contributed by atoms with E-state index in [0.29, 0.717) is 5.92 Å². The summed E-state index contributed by atoms with van der Waals surface area (Å²) < 4.78 is 25.6. The van der Waals surface area contributed by atoms with Gasteiger partial charge in [0.15, 0.2) is 0 Å². The van der Waals surface area contributed by atoms with E-state index in [1.165, 1.54) is 12.1 Å². The number of hydrogen-bond donors (Lipinski definition) is 0. The van der Waals surface area contributed by atoms with Gasteiger partial charge in [0.25, 0.3) is 0 Å². The molecule has 2 heteroatoms. The van der Waals surface area contributed by atoms with Gasteiger partial charge < -0.3 is 0 Å². The summed E-state index contributed by atoms with van der Waals surface area (Å²) in [5.74, 6) is -0.478. The highest BCUT2D eigenvalue weighted by Crippen LogP contribution is 2.15. The van der Waals surface area contributed by atoms with E-state index in [0.717, 1.165) is 30.9 Å². The average molecular weight is 198 g/mol. The predicted molar refractivity (Wildman–Crippen MR) is 54.1 cm³/mol. The lowest BCUT2D eigenvalue weighted by molar-refractivity contribution is 0.515. The lowest BCUT2D eigenvalue weighted by Crippen LogP contribution is -2.00. The Kier molecular flexibility index (Phi) is 4.05. The number of rotatable bonds is 4. The van der Waals surface area contributed by atoms with E-state index in [4.69, 9.17) is 0 Å². The molecule has 1 rings (SSSR count). The molecule has 0 saturated heterocycles. The van der Waals surface area contributed by atoms with Gasteiger partial charge in [0.2, 0.25) is 0 Å². The third kappa shape index (κ3) is 3.44. The van der Waals surface area contributed by atoms with Gasteiger partial charge in [0.1, 0.15) is 11.6 Å². The molecule has 0 aliphatic carbocycles. The Bertz CT molecular complexity index is 274. The van der Waals surface area contributed by atoms with Gasteiger partial charge in [-0.25, -0.2) is 8.78 Å². The summed E-state index contributed by atoms with van der Waals surface area (Å²) >= 11 is 0. The van der Waals surface area contributed by atoms with Gasteiger partial charge >= 0.3 is 0 Å². The molecule has 0 radical (unpaired) electrons. The molecular formula is C12H16F2. The molecule has 0 aliphatic heterocycles. The van der Waals surface area contributed by atoms with Gasteiger partial charge in [-0.05, 0) is 30.0 Å². The van der Waals surface area contributed by atoms with Crippen molar-refractivity contribution in [1.29, 1.82) is 0 Å². The SMILES string of the molecule is CCC[C@@H](C)Cc1cc(F)cc(F)c1. The second-order valence-electron chi connectivity index (χ2n) is 3.88. The molecule has 1 aromatic rings. The van der Waals surface area contributed by atoms with E-state index < -0.39 is 11.6 Å². The Hall–Kier alpha value is -0.920. The topological polar surface area (TPSA) is 0 Å². The van der Waals surface area contributed by atoms with E-state index >= 15 is 0 Å². The molecule has 0 N–H and O–H groups in total. The Balaban J connectivity index is 2.66. The van der Waals surface area contributed by atoms with Crippen LogP contribution in [0.5, 0.6) is 0 Å². The van der Waals surface area contributed by atoms with Crippen molar-refractivity contribution in [1.82, 2.24) is 0 Å². The maximum Gasteiger partial charge on any atom is 0.126 e. The van der Waals surface area contributed by atoms with Crippen LogP contribution in [0.4, 0.5) is 8.78 Å². The van der Waals surface area contributed by atoms with Gasteiger partial charge in [-0.15, -0.1) is 0 Å². The third-order valence-electron chi connectivity index (χ3n) is 2.29. The maximum absolute atomic E-state index is 12.8. The van der Waals surface area contributed by atoms with Crippen LogP contribution in [-0.2, 0) is 6.42 Å². The van der Waals surface area contributed by atoms with Crippen LogP contribution < -0.4 is 0 Å². The van der Waals surface area contributed by atoms with Gasteiger partial charge in [0, 0.05) is 6.07 Å². The highest BCUT2D eigenvalue weighted by Gasteiger charge is 2.05. The molecular weight excluding hydrogens is 182 g/mol. The Morgan fingerprint density at radius 3 is 2.21 bits per heavy atom. The van der Waals surface area contributed by atoms with Crippen molar-refractivity contribution in [2.75, 3.05) is 0 Å². The molecule has 0 heterocycles. The normalized spacial score (nSPS) is 12.9. The molecule has 0 aliphatic rings. The van der Waals surface area contributed by atoms with Crippen molar-refractivity contribution < 1.29 is 8.78 Å². The first-order chi connectivity index (χ1) is 6.61. The van der Waals surface area contributed by atoms with Crippen LogP contribution in [0.3, 0.4) is 0 Å². The molecule has 0 aromatic heterocycles. The van der Waals surface area contributed by atoms with E-state index in [1.807, 2.05) is 0 Å². The smallest absolute Gasteiger partial charge is 0.126 e. The molecule has 0 spiro atoms. The van der Waals surface area contributed by atoms with E-state index in [2.05, 4.69) is 13.8 Å². The molecule has 0 fully saturated rings. The monoisotopic (exact) mass is 198 g/mol. The standard InChI is InChI=1S/C12H16F2/c1-3-4-9(2)5-10-6-11(13)8-12(14)7-10/h6-9H,3-5H2,1-2H3/t9-/m1/s1. The quantitative estimate of drug-likeness (QED) is 0.687. The summed E-state index contributed by atoms with van der Waals surface area (Å²) in [6.45, 7) is 4.22. The molecule has 0 saturated carbocycles. The fourth-order valence-electron chi connectivity index (χ4n) is 1.73. The minimum Gasteiger partial charge on any atom is -0.207 e. The summed E-state index contributed by atoms with van der Waals surface area (Å²) in [4.78, 5) is 0. The summed E-state index contributed by atoms with van der Waals surface area (Å²) in [6, 6.07) is 3.73. The van der Waals surface area contributed by atoms with E-state index in [9.17, 15) is 8.78 Å². The van der Waals surface area contributed by atoms with Gasteiger partial charge in [0.05, 0.1) is 0 Å². The molecule has 1 atom stereocenters. The first-order valence-electron chi connectivity index (χ1n) is 5.06. The first-order valence-corrected chi connectivity index (χ1v) is 5.06. The number of halogens is 2. The van der Waals surface area contributed by atoms with Crippen LogP contribution in [0.1, 0.15) is 32.3 Å². The molecule has 1 aromatic carbocycles. The fourth-order valence-corrected chi connectivity index (χ4v) is 1.73. The highest BCUT2D eigenvalue weighted by molar-refractivity contribution is 5.18. The number of hydrogen-bond acceptors (Lipinski definition) is 0. The predicted octanol–water partition coefficient (Wildman–Crippen LogP) is 3.94. The minimum absolute atomic E-state index is 0.483. The van der Waals surface area contributed by atoms with Crippen LogP contribution in [0.2, 0.25) is 0 Å². The molecule has 0 bridgehead atoms. The maximum atomic E-state index is 12.8. The van der Waals surface area contributed by atoms with Crippen molar-refractivity contribution in [2.24, 2.45) is 5.92 Å². The summed E-state index contributed by atoms with van der Waals surface area (Å²) in [5.41, 5.74) is 0.753. The zero-order valence-electron chi connectivity index (χ0n) is 8.69. The van der Waals surface area contributed by atoms with Crippen LogP contribution >= 0.6 is 0 Å². The van der Waals surface area contributed by atoms with E-state index in [1.54, 1.807) is 0 Å². The lowest BCUT2D eigenvalue weighted by Gasteiger charge is -2.09. The van der Waals surface area contributed by atoms with Gasteiger partial charge in [-0.2, -0.15) is 0 Å². The zero-order chi connectivity index (χ0) is 10.6. The second kappa shape index (κ2) is 5.08. The van der Waals surface area contributed by atoms with Gasteiger partial charge in [-0.1, -0.05) is 26.7 Å². The first kappa shape index (κ1) is 11.2. The zero-order valence-corrected chi connectivity index (χ0v) is 8.69. The Morgan fingerprint density at radius 2 is 1.71 bits per heavy atom. The lowest BCUT2D eigenvalue weighted by atomic mass is 9.97. The molecule has 14 heavy (non-hydrogen) atoms. The van der Waals surface area contributed by atoms with Crippen molar-refractivity contribution in [3.05, 3.63) is 35.4 Å². The van der Waals surface area contributed by atoms with Crippen molar-refractivity contribution in [3.8, 4) is 0 Å². The molecule has 78 valence electrons. The van der Waals surface area contributed by atoms with Crippen LogP contribution in [-0.4, -0.2) is 0 Å². The van der Waals surface area contributed by atoms with E-state index in [-0.39, 0.29) is 0 Å². The third-order valence-corrected chi connectivity index (χ3v) is 2.29. The minimum atomic E-state index is -0.483. The summed E-state index contributed by atoms with van der Waals surface area (Å²) in [5, 5.41) is 0. The van der Waals surface area contributed by atoms with Crippen molar-refractivity contribution in [2.45, 2.75) is 33.1 Å². The second-order valence-corrected chi connectivity index (χ2v) is 3.88. The number of benzene rings is 1. The molecule has 0 nitrogen and oxygen atoms in total. The van der Waals surface area contributed by atoms with Crippen LogP contribution in [0.25, 0.3) is 0 Å². The Labute approximate surface area is 84.0 Å². The Morgan fingerprint density at radius 1 is 1.14 bits per heavy atom. The summed E-state index contributed by atoms with van der Waals surface area (Å²) in [7, 11) is 0. The fraction of sp³-hybridized carbons (Fsp3) is 0.500. The molecule has 0 amide bonds. The largest absolute Gasteiger partial charge is 0.207 e. The average Bonchev–Trinajstić information content (AvgIpc) is 2.01.